The fourth-order valence-electron chi connectivity index (χ4n) is 1.28. The number of halogens is 2. The summed E-state index contributed by atoms with van der Waals surface area (Å²) < 4.78 is 2.60. The molecule has 0 radical (unpaired) electrons. The van der Waals surface area contributed by atoms with Crippen molar-refractivity contribution in [2.24, 2.45) is 0 Å². The molecular formula is C9H7BrINS. The molecule has 0 saturated heterocycles. The lowest BCUT2D eigenvalue weighted by molar-refractivity contribution is 1.47. The number of thiophene rings is 1. The van der Waals surface area contributed by atoms with Crippen LogP contribution in [-0.4, -0.2) is 0 Å². The zero-order valence-corrected chi connectivity index (χ0v) is 11.2. The molecule has 0 spiro atoms. The van der Waals surface area contributed by atoms with Gasteiger partial charge in [0.1, 0.15) is 0 Å². The maximum absolute atomic E-state index is 5.76. The summed E-state index contributed by atoms with van der Waals surface area (Å²) in [6.07, 6.45) is 0. The van der Waals surface area contributed by atoms with E-state index in [0.717, 1.165) is 10.3 Å². The van der Waals surface area contributed by atoms with E-state index in [1.54, 1.807) is 11.3 Å². The zero-order valence-electron chi connectivity index (χ0n) is 6.68. The minimum atomic E-state index is 0.888. The summed E-state index contributed by atoms with van der Waals surface area (Å²) in [6.45, 7) is 0. The SMILES string of the molecule is Nc1cc2ccc(I)c(CBr)c2s1. The smallest absolute Gasteiger partial charge is 0.0868 e. The molecule has 0 saturated carbocycles. The molecule has 0 aliphatic rings. The van der Waals surface area contributed by atoms with Crippen LogP contribution in [0.1, 0.15) is 5.56 Å². The summed E-state index contributed by atoms with van der Waals surface area (Å²) >= 11 is 7.51. The molecule has 0 aliphatic heterocycles. The highest BCUT2D eigenvalue weighted by atomic mass is 127. The van der Waals surface area contributed by atoms with Crippen molar-refractivity contribution in [1.29, 1.82) is 0 Å². The topological polar surface area (TPSA) is 26.0 Å². The van der Waals surface area contributed by atoms with Gasteiger partial charge in [-0.15, -0.1) is 11.3 Å². The third-order valence-electron chi connectivity index (χ3n) is 1.89. The van der Waals surface area contributed by atoms with Crippen LogP contribution in [0.15, 0.2) is 18.2 Å². The first-order valence-electron chi connectivity index (χ1n) is 3.74. The number of alkyl halides is 1. The number of anilines is 1. The predicted octanol–water partition coefficient (Wildman–Crippen LogP) is 3.98. The van der Waals surface area contributed by atoms with E-state index in [9.17, 15) is 0 Å². The first kappa shape index (κ1) is 9.73. The first-order valence-corrected chi connectivity index (χ1v) is 6.76. The first-order chi connectivity index (χ1) is 6.22. The summed E-state index contributed by atoms with van der Waals surface area (Å²) in [5.74, 6) is 0. The van der Waals surface area contributed by atoms with Crippen LogP contribution in [0.3, 0.4) is 0 Å². The minimum absolute atomic E-state index is 0.888. The summed E-state index contributed by atoms with van der Waals surface area (Å²) in [4.78, 5) is 0. The number of nitrogens with two attached hydrogens (primary N) is 1. The van der Waals surface area contributed by atoms with E-state index in [4.69, 9.17) is 5.73 Å². The van der Waals surface area contributed by atoms with Crippen molar-refractivity contribution < 1.29 is 0 Å². The van der Waals surface area contributed by atoms with Gasteiger partial charge in [-0.1, -0.05) is 22.0 Å². The highest BCUT2D eigenvalue weighted by molar-refractivity contribution is 14.1. The summed E-state index contributed by atoms with van der Waals surface area (Å²) in [5, 5.41) is 3.03. The Hall–Kier alpha value is 0.190. The molecule has 68 valence electrons. The standard InChI is InChI=1S/C9H7BrINS/c10-4-6-7(11)2-1-5-3-8(12)13-9(5)6/h1-3H,4,12H2. The van der Waals surface area contributed by atoms with Crippen LogP contribution in [0.4, 0.5) is 5.00 Å². The van der Waals surface area contributed by atoms with E-state index in [2.05, 4.69) is 50.7 Å². The third kappa shape index (κ3) is 1.71. The molecule has 0 unspecified atom stereocenters. The highest BCUT2D eigenvalue weighted by Gasteiger charge is 2.07. The molecule has 2 rings (SSSR count). The number of rotatable bonds is 1. The van der Waals surface area contributed by atoms with E-state index in [1.807, 2.05) is 6.07 Å². The second-order valence-electron chi connectivity index (χ2n) is 2.73. The Labute approximate surface area is 103 Å². The quantitative estimate of drug-likeness (QED) is 0.598. The highest BCUT2D eigenvalue weighted by Crippen LogP contribution is 2.33. The number of hydrogen-bond acceptors (Lipinski definition) is 2. The Kier molecular flexibility index (Phi) is 2.80. The molecule has 1 heterocycles. The molecule has 0 fully saturated rings. The molecule has 13 heavy (non-hydrogen) atoms. The number of nitrogen functional groups attached to an aromatic ring is 1. The molecular weight excluding hydrogens is 361 g/mol. The van der Waals surface area contributed by atoms with Crippen LogP contribution in [0, 0.1) is 3.57 Å². The van der Waals surface area contributed by atoms with Crippen LogP contribution < -0.4 is 5.73 Å². The van der Waals surface area contributed by atoms with Crippen molar-refractivity contribution >= 4 is 64.9 Å². The Morgan fingerprint density at radius 2 is 2.23 bits per heavy atom. The molecule has 2 aromatic rings. The lowest BCUT2D eigenvalue weighted by atomic mass is 10.2. The lowest BCUT2D eigenvalue weighted by Gasteiger charge is -2.00. The fourth-order valence-corrected chi connectivity index (χ4v) is 4.37. The summed E-state index contributed by atoms with van der Waals surface area (Å²) in [5.41, 5.74) is 7.11. The average Bonchev–Trinajstić information content (AvgIpc) is 2.45. The van der Waals surface area contributed by atoms with Crippen LogP contribution in [0.5, 0.6) is 0 Å². The zero-order chi connectivity index (χ0) is 9.42. The molecule has 1 aromatic carbocycles. The Morgan fingerprint density at radius 1 is 1.46 bits per heavy atom. The Balaban J connectivity index is 2.82. The van der Waals surface area contributed by atoms with E-state index in [0.29, 0.717) is 0 Å². The number of benzene rings is 1. The van der Waals surface area contributed by atoms with Crippen molar-refractivity contribution in [1.82, 2.24) is 0 Å². The summed E-state index contributed by atoms with van der Waals surface area (Å²) in [6, 6.07) is 6.28. The van der Waals surface area contributed by atoms with Gasteiger partial charge in [-0.3, -0.25) is 0 Å². The van der Waals surface area contributed by atoms with Crippen molar-refractivity contribution in [3.63, 3.8) is 0 Å². The molecule has 1 aromatic heterocycles. The van der Waals surface area contributed by atoms with Gasteiger partial charge in [0.15, 0.2) is 0 Å². The maximum atomic E-state index is 5.76. The Bertz CT molecular complexity index is 452. The van der Waals surface area contributed by atoms with Gasteiger partial charge < -0.3 is 5.73 Å². The molecule has 2 N–H and O–H groups in total. The predicted molar refractivity (Wildman–Crippen MR) is 71.6 cm³/mol. The van der Waals surface area contributed by atoms with E-state index >= 15 is 0 Å². The van der Waals surface area contributed by atoms with Gasteiger partial charge in [0.05, 0.1) is 5.00 Å². The summed E-state index contributed by atoms with van der Waals surface area (Å²) in [7, 11) is 0. The average molecular weight is 368 g/mol. The minimum Gasteiger partial charge on any atom is -0.391 e. The fraction of sp³-hybridized carbons (Fsp3) is 0.111. The van der Waals surface area contributed by atoms with E-state index in [1.165, 1.54) is 19.2 Å². The van der Waals surface area contributed by atoms with Crippen molar-refractivity contribution in [3.05, 3.63) is 27.3 Å². The Morgan fingerprint density at radius 3 is 2.92 bits per heavy atom. The van der Waals surface area contributed by atoms with Crippen LogP contribution in [-0.2, 0) is 5.33 Å². The second kappa shape index (κ2) is 3.74. The van der Waals surface area contributed by atoms with Gasteiger partial charge in [-0.05, 0) is 45.7 Å². The van der Waals surface area contributed by atoms with Crippen molar-refractivity contribution in [3.8, 4) is 0 Å². The molecule has 4 heteroatoms. The second-order valence-corrected chi connectivity index (χ2v) is 5.53. The van der Waals surface area contributed by atoms with Gasteiger partial charge in [-0.2, -0.15) is 0 Å². The molecule has 0 aliphatic carbocycles. The normalized spacial score (nSPS) is 10.9. The molecule has 0 bridgehead atoms. The van der Waals surface area contributed by atoms with Gasteiger partial charge >= 0.3 is 0 Å². The molecule has 0 atom stereocenters. The van der Waals surface area contributed by atoms with Gasteiger partial charge in [0, 0.05) is 13.6 Å². The lowest BCUT2D eigenvalue weighted by Crippen LogP contribution is -1.82. The van der Waals surface area contributed by atoms with Crippen molar-refractivity contribution in [2.45, 2.75) is 5.33 Å². The van der Waals surface area contributed by atoms with Gasteiger partial charge in [-0.25, -0.2) is 0 Å². The van der Waals surface area contributed by atoms with Crippen LogP contribution in [0.25, 0.3) is 10.1 Å². The van der Waals surface area contributed by atoms with E-state index in [-0.39, 0.29) is 0 Å². The number of hydrogen-bond donors (Lipinski definition) is 1. The van der Waals surface area contributed by atoms with Crippen molar-refractivity contribution in [2.75, 3.05) is 5.73 Å². The molecule has 1 nitrogen and oxygen atoms in total. The van der Waals surface area contributed by atoms with Gasteiger partial charge in [0.25, 0.3) is 0 Å². The van der Waals surface area contributed by atoms with E-state index < -0.39 is 0 Å². The molecule has 0 amide bonds. The third-order valence-corrected chi connectivity index (χ3v) is 4.50. The number of fused-ring (bicyclic) bond motifs is 1. The van der Waals surface area contributed by atoms with Crippen LogP contribution >= 0.6 is 49.9 Å². The van der Waals surface area contributed by atoms with Crippen LogP contribution in [0.2, 0.25) is 0 Å². The maximum Gasteiger partial charge on any atom is 0.0868 e. The largest absolute Gasteiger partial charge is 0.391 e. The monoisotopic (exact) mass is 367 g/mol. The van der Waals surface area contributed by atoms with Gasteiger partial charge in [0.2, 0.25) is 0 Å².